The summed E-state index contributed by atoms with van der Waals surface area (Å²) in [4.78, 5) is 0. The lowest BCUT2D eigenvalue weighted by Gasteiger charge is -2.29. The van der Waals surface area contributed by atoms with Crippen LogP contribution in [0.15, 0.2) is 43.0 Å². The first-order valence-corrected chi connectivity index (χ1v) is 6.39. The molecule has 94 valence electrons. The highest BCUT2D eigenvalue weighted by atomic mass is 16.5. The van der Waals surface area contributed by atoms with E-state index in [4.69, 9.17) is 4.74 Å². The standard InChI is InChI=1S/C16H24O/c1-6-15(14-10-8-7-9-11-14)17-16(12(2)3)13(4)5/h6-13,15-16H,1H2,2-5H3/t15-/m1/s1. The monoisotopic (exact) mass is 232 g/mol. The van der Waals surface area contributed by atoms with Crippen molar-refractivity contribution in [2.75, 3.05) is 0 Å². The Kier molecular flexibility index (Phi) is 5.43. The van der Waals surface area contributed by atoms with Crippen LogP contribution in [0.4, 0.5) is 0 Å². The minimum atomic E-state index is -0.00833. The van der Waals surface area contributed by atoms with Gasteiger partial charge in [-0.05, 0) is 17.4 Å². The van der Waals surface area contributed by atoms with Crippen LogP contribution in [0, 0.1) is 11.8 Å². The predicted molar refractivity (Wildman–Crippen MR) is 73.9 cm³/mol. The Balaban J connectivity index is 2.79. The molecule has 0 unspecified atom stereocenters. The minimum Gasteiger partial charge on any atom is -0.366 e. The van der Waals surface area contributed by atoms with Crippen LogP contribution in [-0.2, 0) is 4.74 Å². The summed E-state index contributed by atoms with van der Waals surface area (Å²) in [6.45, 7) is 12.7. The molecule has 1 atom stereocenters. The fraction of sp³-hybridized carbons (Fsp3) is 0.500. The second-order valence-electron chi connectivity index (χ2n) is 5.16. The highest BCUT2D eigenvalue weighted by Gasteiger charge is 2.22. The second-order valence-corrected chi connectivity index (χ2v) is 5.16. The molecule has 0 spiro atoms. The fourth-order valence-electron chi connectivity index (χ4n) is 2.17. The van der Waals surface area contributed by atoms with Crippen LogP contribution in [0.25, 0.3) is 0 Å². The summed E-state index contributed by atoms with van der Waals surface area (Å²) in [6.07, 6.45) is 2.14. The van der Waals surface area contributed by atoms with Crippen LogP contribution < -0.4 is 0 Å². The van der Waals surface area contributed by atoms with E-state index in [1.165, 1.54) is 5.56 Å². The highest BCUT2D eigenvalue weighted by Crippen LogP contribution is 2.26. The van der Waals surface area contributed by atoms with Crippen molar-refractivity contribution in [3.05, 3.63) is 48.6 Å². The van der Waals surface area contributed by atoms with Crippen LogP contribution in [0.5, 0.6) is 0 Å². The minimum absolute atomic E-state index is 0.00833. The van der Waals surface area contributed by atoms with Gasteiger partial charge in [0, 0.05) is 0 Å². The number of ether oxygens (including phenoxy) is 1. The zero-order valence-electron chi connectivity index (χ0n) is 11.4. The summed E-state index contributed by atoms with van der Waals surface area (Å²) >= 11 is 0. The van der Waals surface area contributed by atoms with Crippen molar-refractivity contribution in [1.82, 2.24) is 0 Å². The molecule has 0 saturated heterocycles. The molecule has 0 N–H and O–H groups in total. The summed E-state index contributed by atoms with van der Waals surface area (Å²) in [5.74, 6) is 1.03. The van der Waals surface area contributed by atoms with E-state index in [1.54, 1.807) is 0 Å². The van der Waals surface area contributed by atoms with Crippen molar-refractivity contribution in [2.24, 2.45) is 11.8 Å². The Labute approximate surface area is 106 Å². The third-order valence-corrected chi connectivity index (χ3v) is 2.96. The summed E-state index contributed by atoms with van der Waals surface area (Å²) < 4.78 is 6.19. The second kappa shape index (κ2) is 6.61. The van der Waals surface area contributed by atoms with E-state index in [0.717, 1.165) is 0 Å². The van der Waals surface area contributed by atoms with Gasteiger partial charge < -0.3 is 4.74 Å². The van der Waals surface area contributed by atoms with Crippen molar-refractivity contribution in [3.8, 4) is 0 Å². The molecule has 0 aromatic heterocycles. The first-order chi connectivity index (χ1) is 8.06. The van der Waals surface area contributed by atoms with Gasteiger partial charge in [0.2, 0.25) is 0 Å². The average molecular weight is 232 g/mol. The number of hydrogen-bond acceptors (Lipinski definition) is 1. The maximum absolute atomic E-state index is 6.19. The topological polar surface area (TPSA) is 9.23 Å². The van der Waals surface area contributed by atoms with E-state index >= 15 is 0 Å². The van der Waals surface area contributed by atoms with E-state index in [1.807, 2.05) is 24.3 Å². The Morgan fingerprint density at radius 2 is 1.53 bits per heavy atom. The van der Waals surface area contributed by atoms with Crippen LogP contribution in [0.2, 0.25) is 0 Å². The van der Waals surface area contributed by atoms with E-state index in [2.05, 4.69) is 46.4 Å². The van der Waals surface area contributed by atoms with Gasteiger partial charge in [0.15, 0.2) is 0 Å². The van der Waals surface area contributed by atoms with Gasteiger partial charge in [-0.2, -0.15) is 0 Å². The molecule has 0 fully saturated rings. The first-order valence-electron chi connectivity index (χ1n) is 6.39. The maximum Gasteiger partial charge on any atom is 0.101 e. The van der Waals surface area contributed by atoms with Gasteiger partial charge >= 0.3 is 0 Å². The van der Waals surface area contributed by atoms with Crippen molar-refractivity contribution in [3.63, 3.8) is 0 Å². The molecular weight excluding hydrogens is 208 g/mol. The van der Waals surface area contributed by atoms with Crippen molar-refractivity contribution < 1.29 is 4.74 Å². The predicted octanol–water partition coefficient (Wildman–Crippen LogP) is 4.61. The van der Waals surface area contributed by atoms with Crippen LogP contribution in [-0.4, -0.2) is 6.10 Å². The zero-order chi connectivity index (χ0) is 12.8. The van der Waals surface area contributed by atoms with Crippen LogP contribution in [0.1, 0.15) is 39.4 Å². The number of hydrogen-bond donors (Lipinski definition) is 0. The number of benzene rings is 1. The summed E-state index contributed by atoms with van der Waals surface area (Å²) in [5.41, 5.74) is 1.17. The molecular formula is C16H24O. The van der Waals surface area contributed by atoms with Gasteiger partial charge in [0.05, 0.1) is 6.10 Å². The molecule has 0 bridgehead atoms. The van der Waals surface area contributed by atoms with Gasteiger partial charge in [-0.3, -0.25) is 0 Å². The third kappa shape index (κ3) is 4.01. The third-order valence-electron chi connectivity index (χ3n) is 2.96. The zero-order valence-corrected chi connectivity index (χ0v) is 11.4. The Morgan fingerprint density at radius 1 is 1.00 bits per heavy atom. The summed E-state index contributed by atoms with van der Waals surface area (Å²) in [5, 5.41) is 0. The molecule has 1 rings (SSSR count). The summed E-state index contributed by atoms with van der Waals surface area (Å²) in [7, 11) is 0. The molecule has 0 aliphatic carbocycles. The van der Waals surface area contributed by atoms with Gasteiger partial charge in [-0.1, -0.05) is 64.1 Å². The molecule has 0 aliphatic rings. The van der Waals surface area contributed by atoms with E-state index in [-0.39, 0.29) is 12.2 Å². The normalized spacial score (nSPS) is 13.4. The maximum atomic E-state index is 6.19. The largest absolute Gasteiger partial charge is 0.366 e. The molecule has 1 aromatic rings. The quantitative estimate of drug-likeness (QED) is 0.651. The first kappa shape index (κ1) is 14.0. The molecule has 1 heteroatoms. The fourth-order valence-corrected chi connectivity index (χ4v) is 2.17. The van der Waals surface area contributed by atoms with Crippen LogP contribution in [0.3, 0.4) is 0 Å². The molecule has 0 heterocycles. The van der Waals surface area contributed by atoms with Crippen molar-refractivity contribution in [2.45, 2.75) is 39.9 Å². The van der Waals surface area contributed by atoms with Crippen molar-refractivity contribution in [1.29, 1.82) is 0 Å². The highest BCUT2D eigenvalue weighted by molar-refractivity contribution is 5.20. The lowest BCUT2D eigenvalue weighted by Crippen LogP contribution is -2.27. The SMILES string of the molecule is C=C[C@@H](OC(C(C)C)C(C)C)c1ccccc1. The number of rotatable bonds is 6. The van der Waals surface area contributed by atoms with Gasteiger partial charge in [-0.25, -0.2) is 0 Å². The van der Waals surface area contributed by atoms with Gasteiger partial charge in [-0.15, -0.1) is 6.58 Å². The molecule has 0 saturated carbocycles. The van der Waals surface area contributed by atoms with E-state index < -0.39 is 0 Å². The van der Waals surface area contributed by atoms with Gasteiger partial charge in [0.25, 0.3) is 0 Å². The molecule has 0 aliphatic heterocycles. The lowest BCUT2D eigenvalue weighted by atomic mass is 9.95. The average Bonchev–Trinajstić information content (AvgIpc) is 2.30. The molecule has 1 nitrogen and oxygen atoms in total. The van der Waals surface area contributed by atoms with E-state index in [0.29, 0.717) is 11.8 Å². The van der Waals surface area contributed by atoms with E-state index in [9.17, 15) is 0 Å². The lowest BCUT2D eigenvalue weighted by molar-refractivity contribution is -0.0408. The molecule has 1 aromatic carbocycles. The molecule has 17 heavy (non-hydrogen) atoms. The Morgan fingerprint density at radius 3 is 1.94 bits per heavy atom. The molecule has 0 amide bonds. The van der Waals surface area contributed by atoms with Crippen molar-refractivity contribution >= 4 is 0 Å². The summed E-state index contributed by atoms with van der Waals surface area (Å²) in [6, 6.07) is 10.3. The Hall–Kier alpha value is -1.08. The smallest absolute Gasteiger partial charge is 0.101 e. The van der Waals surface area contributed by atoms with Crippen LogP contribution >= 0.6 is 0 Å². The molecule has 0 radical (unpaired) electrons. The Bertz CT molecular complexity index is 319. The van der Waals surface area contributed by atoms with Gasteiger partial charge in [0.1, 0.15) is 6.10 Å².